The largest absolute Gasteiger partial charge is 0.455 e. The highest BCUT2D eigenvalue weighted by atomic mass is 16.7. The first-order valence-electron chi connectivity index (χ1n) is 7.19. The van der Waals surface area contributed by atoms with Crippen LogP contribution in [0.1, 0.15) is 26.3 Å². The highest BCUT2D eigenvalue weighted by Gasteiger charge is 2.25. The van der Waals surface area contributed by atoms with Crippen molar-refractivity contribution in [2.75, 3.05) is 19.8 Å². The van der Waals surface area contributed by atoms with Crippen molar-refractivity contribution < 1.29 is 23.7 Å². The number of hydrogen-bond acceptors (Lipinski definition) is 5. The van der Waals surface area contributed by atoms with Gasteiger partial charge < -0.3 is 18.9 Å². The summed E-state index contributed by atoms with van der Waals surface area (Å²) in [6.45, 7) is 6.70. The maximum Gasteiger partial charge on any atom is 0.303 e. The van der Waals surface area contributed by atoms with E-state index in [1.165, 1.54) is 6.92 Å². The van der Waals surface area contributed by atoms with E-state index in [0.717, 1.165) is 5.56 Å². The maximum absolute atomic E-state index is 11.2. The SMILES string of the molecule is CCOC(OCC)[C@H](COCc1ccccc1)OC(C)=O. The molecule has 0 spiro atoms. The molecule has 0 radical (unpaired) electrons. The highest BCUT2D eigenvalue weighted by molar-refractivity contribution is 5.66. The van der Waals surface area contributed by atoms with Crippen molar-refractivity contribution in [3.63, 3.8) is 0 Å². The Labute approximate surface area is 126 Å². The summed E-state index contributed by atoms with van der Waals surface area (Å²) in [6.07, 6.45) is -1.19. The van der Waals surface area contributed by atoms with Gasteiger partial charge in [-0.15, -0.1) is 0 Å². The molecular formula is C16H24O5. The molecule has 0 aliphatic heterocycles. The molecule has 0 bridgehead atoms. The molecule has 1 rings (SSSR count). The lowest BCUT2D eigenvalue weighted by Gasteiger charge is -2.26. The Hall–Kier alpha value is -1.43. The maximum atomic E-state index is 11.2. The van der Waals surface area contributed by atoms with Crippen molar-refractivity contribution in [2.45, 2.75) is 39.8 Å². The zero-order valence-electron chi connectivity index (χ0n) is 12.9. The minimum atomic E-state index is -0.611. The first kappa shape index (κ1) is 17.6. The molecule has 21 heavy (non-hydrogen) atoms. The number of hydrogen-bond donors (Lipinski definition) is 0. The van der Waals surface area contributed by atoms with Gasteiger partial charge in [-0.25, -0.2) is 0 Å². The fourth-order valence-corrected chi connectivity index (χ4v) is 1.84. The number of carbonyl (C=O) groups excluding carboxylic acids is 1. The third kappa shape index (κ3) is 7.22. The number of ether oxygens (including phenoxy) is 4. The lowest BCUT2D eigenvalue weighted by atomic mass is 10.2. The molecular weight excluding hydrogens is 272 g/mol. The fraction of sp³-hybridized carbons (Fsp3) is 0.562. The monoisotopic (exact) mass is 296 g/mol. The molecule has 0 fully saturated rings. The summed E-state index contributed by atoms with van der Waals surface area (Å²) in [5.74, 6) is -0.382. The zero-order chi connectivity index (χ0) is 15.5. The molecule has 118 valence electrons. The summed E-state index contributed by atoms with van der Waals surface area (Å²) in [5.41, 5.74) is 1.06. The Morgan fingerprint density at radius 1 is 1.10 bits per heavy atom. The lowest BCUT2D eigenvalue weighted by Crippen LogP contribution is -2.39. The van der Waals surface area contributed by atoms with Gasteiger partial charge in [0, 0.05) is 20.1 Å². The summed E-state index contributed by atoms with van der Waals surface area (Å²) in [4.78, 5) is 11.2. The van der Waals surface area contributed by atoms with Crippen molar-refractivity contribution in [1.82, 2.24) is 0 Å². The van der Waals surface area contributed by atoms with E-state index in [-0.39, 0.29) is 12.6 Å². The van der Waals surface area contributed by atoms with Gasteiger partial charge in [-0.3, -0.25) is 4.79 Å². The molecule has 0 unspecified atom stereocenters. The van der Waals surface area contributed by atoms with Gasteiger partial charge in [-0.05, 0) is 19.4 Å². The van der Waals surface area contributed by atoms with Crippen molar-refractivity contribution >= 4 is 5.97 Å². The van der Waals surface area contributed by atoms with Crippen molar-refractivity contribution in [3.8, 4) is 0 Å². The van der Waals surface area contributed by atoms with Crippen LogP contribution < -0.4 is 0 Å². The van der Waals surface area contributed by atoms with Gasteiger partial charge in [0.15, 0.2) is 12.4 Å². The molecule has 0 N–H and O–H groups in total. The minimum Gasteiger partial charge on any atom is -0.455 e. The van der Waals surface area contributed by atoms with E-state index in [1.807, 2.05) is 44.2 Å². The zero-order valence-corrected chi connectivity index (χ0v) is 12.9. The number of carbonyl (C=O) groups is 1. The fourth-order valence-electron chi connectivity index (χ4n) is 1.84. The van der Waals surface area contributed by atoms with Gasteiger partial charge in [-0.1, -0.05) is 30.3 Å². The van der Waals surface area contributed by atoms with Gasteiger partial charge in [0.05, 0.1) is 13.2 Å². The molecule has 0 aromatic heterocycles. The Morgan fingerprint density at radius 2 is 1.71 bits per heavy atom. The molecule has 0 aliphatic rings. The second kappa shape index (κ2) is 10.3. The van der Waals surface area contributed by atoms with Crippen LogP contribution in [0, 0.1) is 0 Å². The molecule has 0 saturated heterocycles. The third-order valence-corrected chi connectivity index (χ3v) is 2.68. The summed E-state index contributed by atoms with van der Waals surface area (Å²) >= 11 is 0. The Bertz CT molecular complexity index is 387. The second-order valence-electron chi connectivity index (χ2n) is 4.43. The van der Waals surface area contributed by atoms with Gasteiger partial charge in [-0.2, -0.15) is 0 Å². The summed E-state index contributed by atoms with van der Waals surface area (Å²) in [6, 6.07) is 9.80. The van der Waals surface area contributed by atoms with Crippen LogP contribution in [0.4, 0.5) is 0 Å². The van der Waals surface area contributed by atoms with Gasteiger partial charge >= 0.3 is 5.97 Å². The normalized spacial score (nSPS) is 12.4. The van der Waals surface area contributed by atoms with Crippen molar-refractivity contribution in [3.05, 3.63) is 35.9 Å². The van der Waals surface area contributed by atoms with Crippen LogP contribution in [-0.2, 0) is 30.3 Å². The van der Waals surface area contributed by atoms with Crippen LogP contribution in [0.15, 0.2) is 30.3 Å². The van der Waals surface area contributed by atoms with Gasteiger partial charge in [0.1, 0.15) is 0 Å². The molecule has 1 aromatic rings. The number of esters is 1. The van der Waals surface area contributed by atoms with Crippen LogP contribution in [0.5, 0.6) is 0 Å². The van der Waals surface area contributed by atoms with Crippen molar-refractivity contribution in [2.24, 2.45) is 0 Å². The van der Waals surface area contributed by atoms with E-state index in [4.69, 9.17) is 18.9 Å². The molecule has 0 heterocycles. The average Bonchev–Trinajstić information content (AvgIpc) is 2.47. The smallest absolute Gasteiger partial charge is 0.303 e. The van der Waals surface area contributed by atoms with Gasteiger partial charge in [0.2, 0.25) is 0 Å². The van der Waals surface area contributed by atoms with Crippen LogP contribution in [-0.4, -0.2) is 38.2 Å². The van der Waals surface area contributed by atoms with E-state index in [9.17, 15) is 4.79 Å². The molecule has 0 saturated carbocycles. The predicted octanol–water partition coefficient (Wildman–Crippen LogP) is 2.53. The van der Waals surface area contributed by atoms with E-state index >= 15 is 0 Å². The molecule has 5 heteroatoms. The predicted molar refractivity (Wildman–Crippen MR) is 78.7 cm³/mol. The Balaban J connectivity index is 2.53. The van der Waals surface area contributed by atoms with Crippen LogP contribution in [0.3, 0.4) is 0 Å². The first-order chi connectivity index (χ1) is 10.2. The quantitative estimate of drug-likeness (QED) is 0.490. The van der Waals surface area contributed by atoms with E-state index in [0.29, 0.717) is 19.8 Å². The standard InChI is InChI=1S/C16H24O5/c1-4-19-16(20-5-2)15(21-13(3)17)12-18-11-14-9-7-6-8-10-14/h6-10,15-16H,4-5,11-12H2,1-3H3/t15-/m0/s1. The Kier molecular flexibility index (Phi) is 8.66. The number of rotatable bonds is 10. The van der Waals surface area contributed by atoms with Crippen LogP contribution in [0.2, 0.25) is 0 Å². The average molecular weight is 296 g/mol. The molecule has 0 amide bonds. The molecule has 1 atom stereocenters. The molecule has 1 aromatic carbocycles. The van der Waals surface area contributed by atoms with E-state index < -0.39 is 12.4 Å². The second-order valence-corrected chi connectivity index (χ2v) is 4.43. The molecule has 0 aliphatic carbocycles. The van der Waals surface area contributed by atoms with Crippen LogP contribution >= 0.6 is 0 Å². The lowest BCUT2D eigenvalue weighted by molar-refractivity contribution is -0.216. The summed E-state index contributed by atoms with van der Waals surface area (Å²) < 4.78 is 21.8. The first-order valence-corrected chi connectivity index (χ1v) is 7.19. The molecule has 5 nitrogen and oxygen atoms in total. The Morgan fingerprint density at radius 3 is 2.24 bits per heavy atom. The van der Waals surface area contributed by atoms with Crippen molar-refractivity contribution in [1.29, 1.82) is 0 Å². The minimum absolute atomic E-state index is 0.221. The van der Waals surface area contributed by atoms with E-state index in [2.05, 4.69) is 0 Å². The highest BCUT2D eigenvalue weighted by Crippen LogP contribution is 2.10. The van der Waals surface area contributed by atoms with E-state index in [1.54, 1.807) is 0 Å². The summed E-state index contributed by atoms with van der Waals surface area (Å²) in [7, 11) is 0. The topological polar surface area (TPSA) is 54.0 Å². The number of benzene rings is 1. The third-order valence-electron chi connectivity index (χ3n) is 2.68. The summed E-state index contributed by atoms with van der Waals surface area (Å²) in [5, 5.41) is 0. The van der Waals surface area contributed by atoms with Crippen LogP contribution in [0.25, 0.3) is 0 Å². The van der Waals surface area contributed by atoms with Gasteiger partial charge in [0.25, 0.3) is 0 Å².